The topological polar surface area (TPSA) is 47.4 Å². The van der Waals surface area contributed by atoms with Crippen LogP contribution in [0.2, 0.25) is 0 Å². The summed E-state index contributed by atoms with van der Waals surface area (Å²) in [7, 11) is 0. The molecule has 30 heavy (non-hydrogen) atoms. The van der Waals surface area contributed by atoms with Gasteiger partial charge in [0.05, 0.1) is 23.7 Å². The monoisotopic (exact) mass is 403 g/mol. The molecule has 2 aromatic carbocycles. The van der Waals surface area contributed by atoms with E-state index in [0.717, 1.165) is 66.9 Å². The van der Waals surface area contributed by atoms with E-state index in [9.17, 15) is 4.79 Å². The molecule has 5 heteroatoms. The molecule has 1 amide bonds. The van der Waals surface area contributed by atoms with E-state index in [2.05, 4.69) is 23.3 Å². The first-order chi connectivity index (χ1) is 14.7. The molecule has 1 fully saturated rings. The van der Waals surface area contributed by atoms with Gasteiger partial charge in [-0.25, -0.2) is 4.98 Å². The SMILES string of the molecule is C=CCc1ccccc1OCCCn1c([C@H]2CCCN2C(C)=O)nc2ccccc21. The highest BCUT2D eigenvalue weighted by Gasteiger charge is 2.32. The first-order valence-corrected chi connectivity index (χ1v) is 10.7. The summed E-state index contributed by atoms with van der Waals surface area (Å²) in [5.41, 5.74) is 3.26. The summed E-state index contributed by atoms with van der Waals surface area (Å²) in [5.74, 6) is 2.04. The predicted octanol–water partition coefficient (Wildman–Crippen LogP) is 4.92. The van der Waals surface area contributed by atoms with Crippen LogP contribution < -0.4 is 4.74 Å². The van der Waals surface area contributed by atoms with Crippen molar-refractivity contribution in [1.29, 1.82) is 0 Å². The highest BCUT2D eigenvalue weighted by atomic mass is 16.5. The number of allylic oxidation sites excluding steroid dienone is 1. The van der Waals surface area contributed by atoms with Crippen LogP contribution in [0.3, 0.4) is 0 Å². The largest absolute Gasteiger partial charge is 0.493 e. The van der Waals surface area contributed by atoms with Gasteiger partial charge in [0.15, 0.2) is 0 Å². The van der Waals surface area contributed by atoms with Crippen molar-refractivity contribution in [2.45, 2.75) is 45.2 Å². The van der Waals surface area contributed by atoms with E-state index in [-0.39, 0.29) is 11.9 Å². The Labute approximate surface area is 178 Å². The first-order valence-electron chi connectivity index (χ1n) is 10.7. The van der Waals surface area contributed by atoms with Gasteiger partial charge < -0.3 is 14.2 Å². The minimum absolute atomic E-state index is 0.0594. The summed E-state index contributed by atoms with van der Waals surface area (Å²) in [6.07, 6.45) is 5.55. The third kappa shape index (κ3) is 4.11. The van der Waals surface area contributed by atoms with Crippen molar-refractivity contribution >= 4 is 16.9 Å². The lowest BCUT2D eigenvalue weighted by atomic mass is 10.1. The Morgan fingerprint density at radius 3 is 2.87 bits per heavy atom. The zero-order valence-electron chi connectivity index (χ0n) is 17.6. The second-order valence-electron chi connectivity index (χ2n) is 7.78. The summed E-state index contributed by atoms with van der Waals surface area (Å²) in [4.78, 5) is 19.0. The molecule has 0 spiro atoms. The van der Waals surface area contributed by atoms with E-state index in [4.69, 9.17) is 9.72 Å². The van der Waals surface area contributed by atoms with Crippen LogP contribution in [0.15, 0.2) is 61.2 Å². The zero-order chi connectivity index (χ0) is 20.9. The highest BCUT2D eigenvalue weighted by molar-refractivity contribution is 5.77. The van der Waals surface area contributed by atoms with Crippen molar-refractivity contribution < 1.29 is 9.53 Å². The number of aryl methyl sites for hydroxylation is 1. The molecular formula is C25H29N3O2. The number of amides is 1. The molecule has 1 aliphatic rings. The molecule has 4 rings (SSSR count). The van der Waals surface area contributed by atoms with Crippen LogP contribution >= 0.6 is 0 Å². The van der Waals surface area contributed by atoms with E-state index in [0.29, 0.717) is 6.61 Å². The molecule has 1 aliphatic heterocycles. The molecule has 0 saturated carbocycles. The number of imidazole rings is 1. The maximum atomic E-state index is 12.1. The lowest BCUT2D eigenvalue weighted by molar-refractivity contribution is -0.129. The molecule has 0 radical (unpaired) electrons. The van der Waals surface area contributed by atoms with Crippen LogP contribution in [0.4, 0.5) is 0 Å². The van der Waals surface area contributed by atoms with Gasteiger partial charge in [0.25, 0.3) is 0 Å². The number of para-hydroxylation sites is 3. The smallest absolute Gasteiger partial charge is 0.220 e. The van der Waals surface area contributed by atoms with Gasteiger partial charge in [-0.05, 0) is 49.4 Å². The number of nitrogens with zero attached hydrogens (tertiary/aromatic N) is 3. The lowest BCUT2D eigenvalue weighted by Crippen LogP contribution is -2.30. The quantitative estimate of drug-likeness (QED) is 0.396. The molecule has 1 saturated heterocycles. The van der Waals surface area contributed by atoms with Crippen molar-refractivity contribution in [2.75, 3.05) is 13.2 Å². The third-order valence-corrected chi connectivity index (χ3v) is 5.76. The fourth-order valence-electron chi connectivity index (χ4n) is 4.37. The van der Waals surface area contributed by atoms with Crippen LogP contribution in [0.5, 0.6) is 5.75 Å². The first kappa shape index (κ1) is 20.2. The van der Waals surface area contributed by atoms with Gasteiger partial charge in [-0.3, -0.25) is 4.79 Å². The average Bonchev–Trinajstić information content (AvgIpc) is 3.37. The Morgan fingerprint density at radius 1 is 1.23 bits per heavy atom. The number of carbonyl (C=O) groups excluding carboxylic acids is 1. The summed E-state index contributed by atoms with van der Waals surface area (Å²) in [6.45, 7) is 7.73. The van der Waals surface area contributed by atoms with Crippen LogP contribution in [0.25, 0.3) is 11.0 Å². The zero-order valence-corrected chi connectivity index (χ0v) is 17.6. The molecular weight excluding hydrogens is 374 g/mol. The van der Waals surface area contributed by atoms with Crippen molar-refractivity contribution in [2.24, 2.45) is 0 Å². The van der Waals surface area contributed by atoms with Gasteiger partial charge in [-0.2, -0.15) is 0 Å². The van der Waals surface area contributed by atoms with Crippen LogP contribution in [-0.4, -0.2) is 33.5 Å². The van der Waals surface area contributed by atoms with E-state index in [1.54, 1.807) is 6.92 Å². The number of carbonyl (C=O) groups is 1. The molecule has 5 nitrogen and oxygen atoms in total. The normalized spacial score (nSPS) is 16.2. The number of hydrogen-bond acceptors (Lipinski definition) is 3. The number of ether oxygens (including phenoxy) is 1. The highest BCUT2D eigenvalue weighted by Crippen LogP contribution is 2.33. The Morgan fingerprint density at radius 2 is 2.03 bits per heavy atom. The molecule has 3 aromatic rings. The van der Waals surface area contributed by atoms with Crippen LogP contribution in [-0.2, 0) is 17.8 Å². The summed E-state index contributed by atoms with van der Waals surface area (Å²) in [5, 5.41) is 0. The number of rotatable bonds is 8. The molecule has 1 atom stereocenters. The van der Waals surface area contributed by atoms with Gasteiger partial charge in [0.2, 0.25) is 5.91 Å². The Kier molecular flexibility index (Phi) is 6.17. The Bertz CT molecular complexity index is 1040. The average molecular weight is 404 g/mol. The maximum absolute atomic E-state index is 12.1. The van der Waals surface area contributed by atoms with Crippen molar-refractivity contribution in [3.8, 4) is 5.75 Å². The van der Waals surface area contributed by atoms with Gasteiger partial charge in [-0.15, -0.1) is 6.58 Å². The fraction of sp³-hybridized carbons (Fsp3) is 0.360. The van der Waals surface area contributed by atoms with E-state index in [1.165, 1.54) is 0 Å². The predicted molar refractivity (Wildman–Crippen MR) is 120 cm³/mol. The minimum atomic E-state index is 0.0594. The second-order valence-corrected chi connectivity index (χ2v) is 7.78. The number of fused-ring (bicyclic) bond motifs is 1. The molecule has 0 aliphatic carbocycles. The fourth-order valence-corrected chi connectivity index (χ4v) is 4.37. The lowest BCUT2D eigenvalue weighted by Gasteiger charge is -2.24. The van der Waals surface area contributed by atoms with E-state index in [1.807, 2.05) is 47.4 Å². The molecule has 0 bridgehead atoms. The number of aromatic nitrogens is 2. The van der Waals surface area contributed by atoms with Crippen molar-refractivity contribution in [1.82, 2.24) is 14.5 Å². The number of benzene rings is 2. The standard InChI is InChI=1S/C25H29N3O2/c1-3-10-20-11-4-7-15-24(20)30-18-9-17-28-22-13-6-5-12-21(22)26-25(28)23-14-8-16-27(23)19(2)29/h3-7,11-13,15,23H,1,8-10,14,16-18H2,2H3/t23-/m1/s1. The van der Waals surface area contributed by atoms with Gasteiger partial charge >= 0.3 is 0 Å². The Hall–Kier alpha value is -3.08. The second kappa shape index (κ2) is 9.16. The van der Waals surface area contributed by atoms with Crippen LogP contribution in [0, 0.1) is 0 Å². The number of likely N-dealkylation sites (tertiary alicyclic amines) is 1. The third-order valence-electron chi connectivity index (χ3n) is 5.76. The van der Waals surface area contributed by atoms with Crippen LogP contribution in [0.1, 0.15) is 43.6 Å². The summed E-state index contributed by atoms with van der Waals surface area (Å²) < 4.78 is 8.36. The van der Waals surface area contributed by atoms with Gasteiger partial charge in [0.1, 0.15) is 11.6 Å². The Balaban J connectivity index is 1.51. The van der Waals surface area contributed by atoms with Crippen molar-refractivity contribution in [3.63, 3.8) is 0 Å². The number of hydrogen-bond donors (Lipinski definition) is 0. The maximum Gasteiger partial charge on any atom is 0.220 e. The van der Waals surface area contributed by atoms with E-state index < -0.39 is 0 Å². The van der Waals surface area contributed by atoms with Crippen molar-refractivity contribution in [3.05, 3.63) is 72.6 Å². The van der Waals surface area contributed by atoms with Gasteiger partial charge in [0, 0.05) is 20.0 Å². The molecule has 2 heterocycles. The minimum Gasteiger partial charge on any atom is -0.493 e. The van der Waals surface area contributed by atoms with E-state index >= 15 is 0 Å². The summed E-state index contributed by atoms with van der Waals surface area (Å²) >= 11 is 0. The molecule has 156 valence electrons. The van der Waals surface area contributed by atoms with Gasteiger partial charge in [-0.1, -0.05) is 36.4 Å². The molecule has 1 aromatic heterocycles. The molecule has 0 unspecified atom stereocenters. The molecule has 0 N–H and O–H groups in total. The summed E-state index contributed by atoms with van der Waals surface area (Å²) in [6, 6.07) is 16.4.